The molecule has 1 saturated heterocycles. The number of ether oxygens (including phenoxy) is 5. The molecule has 5 heteroatoms. The molecule has 1 aliphatic heterocycles. The van der Waals surface area contributed by atoms with E-state index >= 15 is 0 Å². The molecule has 5 nitrogen and oxygen atoms in total. The molecule has 0 amide bonds. The Bertz CT molecular complexity index is 434. The van der Waals surface area contributed by atoms with E-state index in [0.717, 1.165) is 65.1 Å². The highest BCUT2D eigenvalue weighted by atomic mass is 16.7. The molecule has 154 valence electrons. The Morgan fingerprint density at radius 1 is 0.741 bits per heavy atom. The molecule has 0 saturated carbocycles. The Kier molecular flexibility index (Phi) is 13.2. The molecule has 1 aromatic rings. The first-order chi connectivity index (χ1) is 13.4. The molecule has 0 bridgehead atoms. The monoisotopic (exact) mass is 380 g/mol. The van der Waals surface area contributed by atoms with Crippen LogP contribution in [0.4, 0.5) is 0 Å². The van der Waals surface area contributed by atoms with Crippen LogP contribution in [0.25, 0.3) is 0 Å². The number of unbranched alkanes of at least 4 members (excludes halogenated alkanes) is 2. The average molecular weight is 381 g/mol. The minimum absolute atomic E-state index is 0.0379. The average Bonchev–Trinajstić information content (AvgIpc) is 2.72. The van der Waals surface area contributed by atoms with Gasteiger partial charge in [0.15, 0.2) is 6.29 Å². The summed E-state index contributed by atoms with van der Waals surface area (Å²) < 4.78 is 28.0. The highest BCUT2D eigenvalue weighted by Gasteiger charge is 2.13. The van der Waals surface area contributed by atoms with Gasteiger partial charge >= 0.3 is 0 Å². The maximum absolute atomic E-state index is 5.71. The maximum Gasteiger partial charge on any atom is 0.157 e. The third-order valence-electron chi connectivity index (χ3n) is 4.44. The first-order valence-corrected chi connectivity index (χ1v) is 10.5. The van der Waals surface area contributed by atoms with E-state index < -0.39 is 0 Å². The van der Waals surface area contributed by atoms with Gasteiger partial charge in [-0.3, -0.25) is 0 Å². The molecule has 1 aliphatic rings. The molecule has 0 spiro atoms. The Morgan fingerprint density at radius 3 is 2.26 bits per heavy atom. The standard InChI is InChI=1S/C22H36O5/c1-3-10-21(11-4-1)20-25-15-9-14-24-19-18-23-13-6-2-7-16-26-22-12-5-8-17-27-22/h1,3-4,10-11,22H,2,5-9,12-20H2. The van der Waals surface area contributed by atoms with Crippen molar-refractivity contribution in [3.05, 3.63) is 35.9 Å². The third kappa shape index (κ3) is 12.2. The van der Waals surface area contributed by atoms with Crippen molar-refractivity contribution in [2.24, 2.45) is 0 Å². The Morgan fingerprint density at radius 2 is 1.48 bits per heavy atom. The summed E-state index contributed by atoms with van der Waals surface area (Å²) in [5, 5.41) is 0. The topological polar surface area (TPSA) is 46.2 Å². The lowest BCUT2D eigenvalue weighted by Crippen LogP contribution is -2.22. The summed E-state index contributed by atoms with van der Waals surface area (Å²) in [6, 6.07) is 10.2. The van der Waals surface area contributed by atoms with Crippen LogP contribution in [0.3, 0.4) is 0 Å². The molecule has 1 atom stereocenters. The van der Waals surface area contributed by atoms with Crippen molar-refractivity contribution in [1.29, 1.82) is 0 Å². The molecule has 1 aromatic carbocycles. The van der Waals surface area contributed by atoms with Crippen molar-refractivity contribution in [1.82, 2.24) is 0 Å². The third-order valence-corrected chi connectivity index (χ3v) is 4.44. The first kappa shape index (κ1) is 22.3. The van der Waals surface area contributed by atoms with Gasteiger partial charge in [-0.1, -0.05) is 30.3 Å². The quantitative estimate of drug-likeness (QED) is 0.399. The maximum atomic E-state index is 5.71. The van der Waals surface area contributed by atoms with E-state index in [9.17, 15) is 0 Å². The van der Waals surface area contributed by atoms with Gasteiger partial charge in [0.2, 0.25) is 0 Å². The highest BCUT2D eigenvalue weighted by molar-refractivity contribution is 5.13. The lowest BCUT2D eigenvalue weighted by atomic mass is 10.2. The van der Waals surface area contributed by atoms with Gasteiger partial charge in [0, 0.05) is 33.0 Å². The normalized spacial score (nSPS) is 17.3. The smallest absolute Gasteiger partial charge is 0.157 e. The minimum atomic E-state index is 0.0379. The van der Waals surface area contributed by atoms with Gasteiger partial charge in [-0.2, -0.15) is 0 Å². The van der Waals surface area contributed by atoms with E-state index in [0.29, 0.717) is 19.8 Å². The zero-order valence-corrected chi connectivity index (χ0v) is 16.6. The number of benzene rings is 1. The van der Waals surface area contributed by atoms with Gasteiger partial charge in [0.05, 0.1) is 19.8 Å². The zero-order chi connectivity index (χ0) is 18.8. The van der Waals surface area contributed by atoms with Crippen LogP contribution in [0.1, 0.15) is 50.5 Å². The molecular weight excluding hydrogens is 344 g/mol. The molecule has 0 radical (unpaired) electrons. The Labute approximate surface area is 164 Å². The molecule has 1 fully saturated rings. The predicted octanol–water partition coefficient (Wildman–Crippen LogP) is 4.34. The Balaban J connectivity index is 1.24. The molecule has 1 heterocycles. The van der Waals surface area contributed by atoms with Crippen molar-refractivity contribution in [2.45, 2.75) is 57.8 Å². The van der Waals surface area contributed by atoms with Gasteiger partial charge in [-0.05, 0) is 50.5 Å². The van der Waals surface area contributed by atoms with Gasteiger partial charge in [-0.15, -0.1) is 0 Å². The molecule has 0 aromatic heterocycles. The summed E-state index contributed by atoms with van der Waals surface area (Å²) in [4.78, 5) is 0. The molecular formula is C22H36O5. The molecule has 1 unspecified atom stereocenters. The summed E-state index contributed by atoms with van der Waals surface area (Å²) in [6.07, 6.45) is 7.66. The Hall–Kier alpha value is -0.980. The summed E-state index contributed by atoms with van der Waals surface area (Å²) in [7, 11) is 0. The van der Waals surface area contributed by atoms with E-state index in [4.69, 9.17) is 23.7 Å². The van der Waals surface area contributed by atoms with Crippen LogP contribution < -0.4 is 0 Å². The van der Waals surface area contributed by atoms with Crippen LogP contribution in [0.2, 0.25) is 0 Å². The van der Waals surface area contributed by atoms with E-state index in [1.807, 2.05) is 18.2 Å². The van der Waals surface area contributed by atoms with Crippen LogP contribution in [0.15, 0.2) is 30.3 Å². The summed E-state index contributed by atoms with van der Waals surface area (Å²) in [5.74, 6) is 0. The SMILES string of the molecule is c1ccc(COCCCOCCOCCCCCOC2CCCCO2)cc1. The van der Waals surface area contributed by atoms with Crippen LogP contribution >= 0.6 is 0 Å². The number of rotatable bonds is 16. The fraction of sp³-hybridized carbons (Fsp3) is 0.727. The fourth-order valence-corrected chi connectivity index (χ4v) is 2.89. The fourth-order valence-electron chi connectivity index (χ4n) is 2.89. The zero-order valence-electron chi connectivity index (χ0n) is 16.6. The van der Waals surface area contributed by atoms with Gasteiger partial charge in [0.1, 0.15) is 0 Å². The first-order valence-electron chi connectivity index (χ1n) is 10.5. The molecule has 2 rings (SSSR count). The summed E-state index contributed by atoms with van der Waals surface area (Å²) in [5.41, 5.74) is 1.21. The van der Waals surface area contributed by atoms with Crippen molar-refractivity contribution in [3.63, 3.8) is 0 Å². The number of hydrogen-bond donors (Lipinski definition) is 0. The van der Waals surface area contributed by atoms with Gasteiger partial charge in [0.25, 0.3) is 0 Å². The van der Waals surface area contributed by atoms with Crippen LogP contribution in [-0.4, -0.2) is 52.5 Å². The van der Waals surface area contributed by atoms with Crippen molar-refractivity contribution >= 4 is 0 Å². The molecule has 27 heavy (non-hydrogen) atoms. The molecule has 0 aliphatic carbocycles. The van der Waals surface area contributed by atoms with Gasteiger partial charge in [-0.25, -0.2) is 0 Å². The van der Waals surface area contributed by atoms with Crippen LogP contribution in [0, 0.1) is 0 Å². The second kappa shape index (κ2) is 16.0. The van der Waals surface area contributed by atoms with Crippen LogP contribution in [0.5, 0.6) is 0 Å². The van der Waals surface area contributed by atoms with E-state index in [1.54, 1.807) is 0 Å². The summed E-state index contributed by atoms with van der Waals surface area (Å²) in [6.45, 7) is 5.87. The minimum Gasteiger partial charge on any atom is -0.379 e. The van der Waals surface area contributed by atoms with E-state index in [-0.39, 0.29) is 6.29 Å². The van der Waals surface area contributed by atoms with Crippen molar-refractivity contribution in [2.75, 3.05) is 46.2 Å². The van der Waals surface area contributed by atoms with Crippen molar-refractivity contribution in [3.8, 4) is 0 Å². The van der Waals surface area contributed by atoms with Gasteiger partial charge < -0.3 is 23.7 Å². The van der Waals surface area contributed by atoms with E-state index in [2.05, 4.69) is 12.1 Å². The highest BCUT2D eigenvalue weighted by Crippen LogP contribution is 2.14. The van der Waals surface area contributed by atoms with Crippen LogP contribution in [-0.2, 0) is 30.3 Å². The largest absolute Gasteiger partial charge is 0.379 e. The number of hydrogen-bond acceptors (Lipinski definition) is 5. The summed E-state index contributed by atoms with van der Waals surface area (Å²) >= 11 is 0. The lowest BCUT2D eigenvalue weighted by molar-refractivity contribution is -0.162. The second-order valence-electron chi connectivity index (χ2n) is 6.84. The van der Waals surface area contributed by atoms with E-state index in [1.165, 1.54) is 18.4 Å². The van der Waals surface area contributed by atoms with Crippen molar-refractivity contribution < 1.29 is 23.7 Å². The lowest BCUT2D eigenvalue weighted by Gasteiger charge is -2.22. The molecule has 0 N–H and O–H groups in total. The second-order valence-corrected chi connectivity index (χ2v) is 6.84. The predicted molar refractivity (Wildman–Crippen MR) is 106 cm³/mol.